The van der Waals surface area contributed by atoms with Crippen LogP contribution in [0.3, 0.4) is 0 Å². The van der Waals surface area contributed by atoms with Crippen molar-refractivity contribution in [3.63, 3.8) is 0 Å². The Bertz CT molecular complexity index is 408. The summed E-state index contributed by atoms with van der Waals surface area (Å²) < 4.78 is 5.33. The molecule has 1 heterocycles. The molecule has 0 spiro atoms. The molecule has 1 aliphatic rings. The van der Waals surface area contributed by atoms with Crippen LogP contribution in [0.4, 0.5) is 5.13 Å². The third-order valence-electron chi connectivity index (χ3n) is 2.42. The third kappa shape index (κ3) is 2.52. The summed E-state index contributed by atoms with van der Waals surface area (Å²) in [4.78, 5) is 15.9. The van der Waals surface area contributed by atoms with E-state index in [2.05, 4.69) is 4.98 Å². The fraction of sp³-hybridized carbons (Fsp3) is 0.636. The monoisotopic (exact) mass is 240 g/mol. The highest BCUT2D eigenvalue weighted by molar-refractivity contribution is 7.13. The molecule has 1 fully saturated rings. The van der Waals surface area contributed by atoms with Crippen molar-refractivity contribution < 1.29 is 9.53 Å². The van der Waals surface area contributed by atoms with Gasteiger partial charge in [-0.1, -0.05) is 0 Å². The zero-order valence-corrected chi connectivity index (χ0v) is 10.5. The number of hydrogen-bond donors (Lipinski definition) is 1. The van der Waals surface area contributed by atoms with Gasteiger partial charge in [-0.3, -0.25) is 4.79 Å². The highest BCUT2D eigenvalue weighted by Crippen LogP contribution is 2.48. The van der Waals surface area contributed by atoms with Crippen molar-refractivity contribution in [2.75, 3.05) is 5.73 Å². The van der Waals surface area contributed by atoms with Gasteiger partial charge in [0.1, 0.15) is 5.60 Å². The second-order valence-corrected chi connectivity index (χ2v) is 5.98. The van der Waals surface area contributed by atoms with Gasteiger partial charge in [-0.15, -0.1) is 11.3 Å². The van der Waals surface area contributed by atoms with Crippen LogP contribution in [0.25, 0.3) is 0 Å². The first-order valence-electron chi connectivity index (χ1n) is 5.30. The summed E-state index contributed by atoms with van der Waals surface area (Å²) in [5, 5.41) is 2.48. The van der Waals surface area contributed by atoms with E-state index in [1.165, 1.54) is 11.3 Å². The molecule has 4 nitrogen and oxygen atoms in total. The van der Waals surface area contributed by atoms with Crippen molar-refractivity contribution in [1.82, 2.24) is 4.98 Å². The van der Waals surface area contributed by atoms with E-state index in [9.17, 15) is 4.79 Å². The van der Waals surface area contributed by atoms with E-state index in [4.69, 9.17) is 10.5 Å². The van der Waals surface area contributed by atoms with Crippen LogP contribution in [0.15, 0.2) is 5.38 Å². The van der Waals surface area contributed by atoms with Crippen molar-refractivity contribution in [1.29, 1.82) is 0 Å². The van der Waals surface area contributed by atoms with Gasteiger partial charge < -0.3 is 10.5 Å². The Hall–Kier alpha value is -1.10. The van der Waals surface area contributed by atoms with Crippen molar-refractivity contribution >= 4 is 22.4 Å². The van der Waals surface area contributed by atoms with Crippen molar-refractivity contribution in [3.05, 3.63) is 11.1 Å². The van der Waals surface area contributed by atoms with Gasteiger partial charge in [0.2, 0.25) is 0 Å². The molecule has 2 rings (SSSR count). The first-order valence-corrected chi connectivity index (χ1v) is 6.18. The summed E-state index contributed by atoms with van der Waals surface area (Å²) in [6.07, 6.45) is 0.831. The van der Waals surface area contributed by atoms with E-state index in [0.29, 0.717) is 5.13 Å². The summed E-state index contributed by atoms with van der Waals surface area (Å²) in [5.41, 5.74) is 6.08. The van der Waals surface area contributed by atoms with Crippen LogP contribution in [-0.4, -0.2) is 16.6 Å². The number of thiazole rings is 1. The van der Waals surface area contributed by atoms with Gasteiger partial charge in [-0.05, 0) is 27.2 Å². The van der Waals surface area contributed by atoms with E-state index < -0.39 is 5.60 Å². The SMILES string of the molecule is CC(C)(C)OC(=O)[C@@H]1C[C@@H]1c1csc(N)n1. The molecule has 16 heavy (non-hydrogen) atoms. The van der Waals surface area contributed by atoms with E-state index >= 15 is 0 Å². The summed E-state index contributed by atoms with van der Waals surface area (Å²) in [6.45, 7) is 5.63. The average molecular weight is 240 g/mol. The van der Waals surface area contributed by atoms with Crippen molar-refractivity contribution in [2.45, 2.75) is 38.7 Å². The predicted molar refractivity (Wildman–Crippen MR) is 63.2 cm³/mol. The number of esters is 1. The molecule has 0 radical (unpaired) electrons. The number of rotatable bonds is 2. The lowest BCUT2D eigenvalue weighted by Gasteiger charge is -2.19. The Kier molecular flexibility index (Phi) is 2.66. The molecule has 2 atom stereocenters. The molecule has 1 aromatic rings. The number of anilines is 1. The second-order valence-electron chi connectivity index (χ2n) is 5.09. The highest BCUT2D eigenvalue weighted by Gasteiger charge is 2.47. The molecule has 1 saturated carbocycles. The first kappa shape index (κ1) is 11.4. The smallest absolute Gasteiger partial charge is 0.310 e. The lowest BCUT2D eigenvalue weighted by atomic mass is 10.2. The molecular weight excluding hydrogens is 224 g/mol. The van der Waals surface area contributed by atoms with Crippen molar-refractivity contribution in [2.24, 2.45) is 5.92 Å². The number of carbonyl (C=O) groups is 1. The average Bonchev–Trinajstić information content (AvgIpc) is 2.81. The lowest BCUT2D eigenvalue weighted by Crippen LogP contribution is -2.25. The Morgan fingerprint density at radius 1 is 1.62 bits per heavy atom. The van der Waals surface area contributed by atoms with Crippen LogP contribution in [0.5, 0.6) is 0 Å². The summed E-state index contributed by atoms with van der Waals surface area (Å²) >= 11 is 1.41. The quantitative estimate of drug-likeness (QED) is 0.805. The fourth-order valence-electron chi connectivity index (χ4n) is 1.63. The zero-order chi connectivity index (χ0) is 11.9. The number of aromatic nitrogens is 1. The van der Waals surface area contributed by atoms with Crippen LogP contribution in [-0.2, 0) is 9.53 Å². The number of nitrogens with two attached hydrogens (primary N) is 1. The number of ether oxygens (including phenoxy) is 1. The standard InChI is InChI=1S/C11H16N2O2S/c1-11(2,3)15-9(14)7-4-6(7)8-5-16-10(12)13-8/h5-7H,4H2,1-3H3,(H2,12,13)/t6-,7+/m0/s1. The molecule has 0 aromatic carbocycles. The summed E-state index contributed by atoms with van der Waals surface area (Å²) in [5.74, 6) is 0.0631. The zero-order valence-electron chi connectivity index (χ0n) is 9.69. The molecule has 0 unspecified atom stereocenters. The van der Waals surface area contributed by atoms with Gasteiger partial charge in [-0.25, -0.2) is 4.98 Å². The second kappa shape index (κ2) is 3.73. The van der Waals surface area contributed by atoms with E-state index in [1.54, 1.807) is 0 Å². The molecular formula is C11H16N2O2S. The highest BCUT2D eigenvalue weighted by atomic mass is 32.1. The van der Waals surface area contributed by atoms with Gasteiger partial charge in [0.25, 0.3) is 0 Å². The van der Waals surface area contributed by atoms with Crippen LogP contribution in [0, 0.1) is 5.92 Å². The Morgan fingerprint density at radius 2 is 2.31 bits per heavy atom. The number of nitrogens with zero attached hydrogens (tertiary/aromatic N) is 1. The fourth-order valence-corrected chi connectivity index (χ4v) is 2.26. The van der Waals surface area contributed by atoms with Gasteiger partial charge in [0.15, 0.2) is 5.13 Å². The number of nitrogen functional groups attached to an aromatic ring is 1. The van der Waals surface area contributed by atoms with Gasteiger partial charge >= 0.3 is 5.97 Å². The van der Waals surface area contributed by atoms with E-state index in [1.807, 2.05) is 26.2 Å². The maximum absolute atomic E-state index is 11.7. The number of carbonyl (C=O) groups excluding carboxylic acids is 1. The third-order valence-corrected chi connectivity index (χ3v) is 3.11. The molecule has 2 N–H and O–H groups in total. The molecule has 0 amide bonds. The molecule has 1 aromatic heterocycles. The summed E-state index contributed by atoms with van der Waals surface area (Å²) in [6, 6.07) is 0. The molecule has 0 aliphatic heterocycles. The Labute approximate surface area is 98.8 Å². The van der Waals surface area contributed by atoms with Crippen LogP contribution in [0.1, 0.15) is 38.8 Å². The Balaban J connectivity index is 1.94. The van der Waals surface area contributed by atoms with Crippen LogP contribution >= 0.6 is 11.3 Å². The molecule has 5 heteroatoms. The van der Waals surface area contributed by atoms with Crippen LogP contribution in [0.2, 0.25) is 0 Å². The predicted octanol–water partition coefficient (Wildman–Crippen LogP) is 2.17. The van der Waals surface area contributed by atoms with Crippen LogP contribution < -0.4 is 5.73 Å². The maximum Gasteiger partial charge on any atom is 0.310 e. The van der Waals surface area contributed by atoms with E-state index in [0.717, 1.165) is 12.1 Å². The van der Waals surface area contributed by atoms with E-state index in [-0.39, 0.29) is 17.8 Å². The summed E-state index contributed by atoms with van der Waals surface area (Å²) in [7, 11) is 0. The van der Waals surface area contributed by atoms with Gasteiger partial charge in [0, 0.05) is 11.3 Å². The maximum atomic E-state index is 11.7. The molecule has 0 bridgehead atoms. The Morgan fingerprint density at radius 3 is 2.81 bits per heavy atom. The molecule has 88 valence electrons. The molecule has 0 saturated heterocycles. The largest absolute Gasteiger partial charge is 0.460 e. The minimum absolute atomic E-state index is 0.0271. The lowest BCUT2D eigenvalue weighted by molar-refractivity contribution is -0.156. The van der Waals surface area contributed by atoms with Crippen molar-refractivity contribution in [3.8, 4) is 0 Å². The number of hydrogen-bond acceptors (Lipinski definition) is 5. The van der Waals surface area contributed by atoms with Gasteiger partial charge in [0.05, 0.1) is 11.6 Å². The topological polar surface area (TPSA) is 65.2 Å². The normalized spacial score (nSPS) is 24.2. The first-order chi connectivity index (χ1) is 7.37. The molecule has 1 aliphatic carbocycles. The minimum atomic E-state index is -0.411. The van der Waals surface area contributed by atoms with Gasteiger partial charge in [-0.2, -0.15) is 0 Å². The minimum Gasteiger partial charge on any atom is -0.460 e.